The molecular weight excluding hydrogens is 525 g/mol. The zero-order chi connectivity index (χ0) is 28.5. The van der Waals surface area contributed by atoms with Crippen molar-refractivity contribution >= 4 is 40.7 Å². The Bertz CT molecular complexity index is 1520. The Morgan fingerprint density at radius 1 is 0.634 bits per heavy atom. The van der Waals surface area contributed by atoms with E-state index in [1.54, 1.807) is 12.1 Å². The molecule has 4 nitrogen and oxygen atoms in total. The minimum absolute atomic E-state index is 0.166. The topological polar surface area (TPSA) is 55.4 Å². The quantitative estimate of drug-likeness (QED) is 0.114. The van der Waals surface area contributed by atoms with Gasteiger partial charge >= 0.3 is 5.97 Å². The van der Waals surface area contributed by atoms with Crippen LogP contribution in [0.3, 0.4) is 0 Å². The molecule has 0 radical (unpaired) electrons. The van der Waals surface area contributed by atoms with E-state index in [4.69, 9.17) is 4.74 Å². The van der Waals surface area contributed by atoms with Crippen LogP contribution >= 0.6 is 7.26 Å². The molecule has 0 heterocycles. The van der Waals surface area contributed by atoms with Gasteiger partial charge in [-0.2, -0.15) is 0 Å². The Kier molecular flexibility index (Phi) is 9.03. The smallest absolute Gasteiger partial charge is 0.353 e. The van der Waals surface area contributed by atoms with Gasteiger partial charge in [-0.3, -0.25) is 4.79 Å². The highest BCUT2D eigenvalue weighted by Crippen LogP contribution is 2.61. The first-order chi connectivity index (χ1) is 20.1. The molecule has 5 aromatic rings. The van der Waals surface area contributed by atoms with E-state index < -0.39 is 12.9 Å². The standard InChI is InChI=1S/C36H32NO3P/c1-2-15-34(36(39)40-30-18-9-4-10-19-30)41(31-20-11-5-12-21-31,32-22-13-6-14-23-32)33-26-24-29(25-27-33)37-35(38)28-16-7-3-8-17-28/h3-14,16-27,34H,2,15H2,1H3/p+1. The van der Waals surface area contributed by atoms with Gasteiger partial charge in [-0.15, -0.1) is 0 Å². The summed E-state index contributed by atoms with van der Waals surface area (Å²) >= 11 is 0. The maximum absolute atomic E-state index is 14.2. The number of carbonyl (C=O) groups excluding carboxylic acids is 2. The third-order valence-corrected chi connectivity index (χ3v) is 11.9. The predicted octanol–water partition coefficient (Wildman–Crippen LogP) is 7.01. The molecule has 5 rings (SSSR count). The molecule has 5 heteroatoms. The van der Waals surface area contributed by atoms with Gasteiger partial charge in [0, 0.05) is 11.3 Å². The zero-order valence-electron chi connectivity index (χ0n) is 23.0. The average molecular weight is 559 g/mol. The van der Waals surface area contributed by atoms with Crippen molar-refractivity contribution in [1.29, 1.82) is 0 Å². The summed E-state index contributed by atoms with van der Waals surface area (Å²) in [5, 5.41) is 6.27. The average Bonchev–Trinajstić information content (AvgIpc) is 3.03. The Balaban J connectivity index is 1.64. The van der Waals surface area contributed by atoms with Gasteiger partial charge in [-0.1, -0.05) is 86.1 Å². The summed E-state index contributed by atoms with van der Waals surface area (Å²) in [5.41, 5.74) is 0.877. The van der Waals surface area contributed by atoms with E-state index in [-0.39, 0.29) is 11.9 Å². The maximum Gasteiger partial charge on any atom is 0.353 e. The Hall–Kier alpha value is -4.53. The molecule has 0 aromatic heterocycles. The molecular formula is C36H33NO3P+. The number of hydrogen-bond acceptors (Lipinski definition) is 3. The third kappa shape index (κ3) is 6.14. The highest BCUT2D eigenvalue weighted by atomic mass is 31.2. The molecule has 1 unspecified atom stereocenters. The van der Waals surface area contributed by atoms with Crippen molar-refractivity contribution in [3.05, 3.63) is 151 Å². The van der Waals surface area contributed by atoms with Crippen molar-refractivity contribution in [3.8, 4) is 5.75 Å². The summed E-state index contributed by atoms with van der Waals surface area (Å²) in [7, 11) is -2.57. The first-order valence-electron chi connectivity index (χ1n) is 13.9. The van der Waals surface area contributed by atoms with Gasteiger partial charge in [-0.25, -0.2) is 4.79 Å². The summed E-state index contributed by atoms with van der Waals surface area (Å²) in [6.07, 6.45) is 1.48. The van der Waals surface area contributed by atoms with Gasteiger partial charge in [0.15, 0.2) is 5.66 Å². The SMILES string of the molecule is CCCC(C(=O)Oc1ccccc1)[P+](c1ccccc1)(c1ccccc1)c1ccc(NC(=O)c2ccccc2)cc1. The van der Waals surface area contributed by atoms with Crippen molar-refractivity contribution in [2.45, 2.75) is 25.4 Å². The largest absolute Gasteiger partial charge is 0.424 e. The number of hydrogen-bond donors (Lipinski definition) is 1. The minimum Gasteiger partial charge on any atom is -0.424 e. The molecule has 0 spiro atoms. The van der Waals surface area contributed by atoms with E-state index in [1.165, 1.54) is 0 Å². The van der Waals surface area contributed by atoms with Crippen molar-refractivity contribution < 1.29 is 14.3 Å². The molecule has 0 bridgehead atoms. The van der Waals surface area contributed by atoms with E-state index in [0.29, 0.717) is 23.4 Å². The summed E-state index contributed by atoms with van der Waals surface area (Å²) in [5.74, 6) is 0.137. The third-order valence-electron chi connectivity index (χ3n) is 7.16. The van der Waals surface area contributed by atoms with Crippen LogP contribution in [0.25, 0.3) is 0 Å². The fraction of sp³-hybridized carbons (Fsp3) is 0.111. The molecule has 1 N–H and O–H groups in total. The number of esters is 1. The minimum atomic E-state index is -2.57. The highest BCUT2D eigenvalue weighted by molar-refractivity contribution is 7.96. The van der Waals surface area contributed by atoms with Crippen LogP contribution < -0.4 is 26.0 Å². The van der Waals surface area contributed by atoms with Gasteiger partial charge in [0.1, 0.15) is 28.9 Å². The lowest BCUT2D eigenvalue weighted by atomic mass is 10.2. The van der Waals surface area contributed by atoms with Crippen LogP contribution in [0, 0.1) is 0 Å². The summed E-state index contributed by atoms with van der Waals surface area (Å²) in [6, 6.07) is 47.1. The van der Waals surface area contributed by atoms with Gasteiger partial charge < -0.3 is 10.1 Å². The molecule has 0 aliphatic heterocycles. The Labute approximate surface area is 242 Å². The summed E-state index contributed by atoms with van der Waals surface area (Å²) in [6.45, 7) is 2.11. The zero-order valence-corrected chi connectivity index (χ0v) is 23.9. The monoisotopic (exact) mass is 558 g/mol. The molecule has 41 heavy (non-hydrogen) atoms. The van der Waals surface area contributed by atoms with E-state index >= 15 is 0 Å². The molecule has 1 atom stereocenters. The van der Waals surface area contributed by atoms with Gasteiger partial charge in [-0.05, 0) is 79.2 Å². The molecule has 0 saturated heterocycles. The van der Waals surface area contributed by atoms with E-state index in [1.807, 2.05) is 97.1 Å². The molecule has 204 valence electrons. The Morgan fingerprint density at radius 3 is 1.61 bits per heavy atom. The van der Waals surface area contributed by atoms with Crippen LogP contribution in [0.2, 0.25) is 0 Å². The number of anilines is 1. The van der Waals surface area contributed by atoms with Gasteiger partial charge in [0.25, 0.3) is 5.91 Å². The second-order valence-electron chi connectivity index (χ2n) is 9.80. The fourth-order valence-electron chi connectivity index (χ4n) is 5.30. The fourth-order valence-corrected chi connectivity index (χ4v) is 10.2. The van der Waals surface area contributed by atoms with Crippen molar-refractivity contribution in [1.82, 2.24) is 0 Å². The van der Waals surface area contributed by atoms with Crippen LogP contribution in [-0.4, -0.2) is 17.5 Å². The normalized spacial score (nSPS) is 11.8. The van der Waals surface area contributed by atoms with E-state index in [0.717, 1.165) is 22.3 Å². The van der Waals surface area contributed by atoms with Crippen molar-refractivity contribution in [3.63, 3.8) is 0 Å². The molecule has 0 aliphatic rings. The number of ether oxygens (including phenoxy) is 1. The first-order valence-corrected chi connectivity index (χ1v) is 15.7. The molecule has 0 saturated carbocycles. The van der Waals surface area contributed by atoms with E-state index in [9.17, 15) is 9.59 Å². The lowest BCUT2D eigenvalue weighted by molar-refractivity contribution is -0.134. The molecule has 1 amide bonds. The number of amides is 1. The first kappa shape index (κ1) is 28.0. The van der Waals surface area contributed by atoms with Crippen molar-refractivity contribution in [2.24, 2.45) is 0 Å². The van der Waals surface area contributed by atoms with E-state index in [2.05, 4.69) is 48.6 Å². The molecule has 5 aromatic carbocycles. The second kappa shape index (κ2) is 13.2. The second-order valence-corrected chi connectivity index (χ2v) is 13.4. The molecule has 0 aliphatic carbocycles. The lowest BCUT2D eigenvalue weighted by Gasteiger charge is -2.33. The highest BCUT2D eigenvalue weighted by Gasteiger charge is 2.56. The number of para-hydroxylation sites is 1. The van der Waals surface area contributed by atoms with Gasteiger partial charge in [0.05, 0.1) is 0 Å². The van der Waals surface area contributed by atoms with Crippen LogP contribution in [0.4, 0.5) is 5.69 Å². The number of rotatable bonds is 10. The number of carbonyl (C=O) groups is 2. The van der Waals surface area contributed by atoms with Crippen molar-refractivity contribution in [2.75, 3.05) is 5.32 Å². The predicted molar refractivity (Wildman–Crippen MR) is 170 cm³/mol. The van der Waals surface area contributed by atoms with Crippen LogP contribution in [-0.2, 0) is 4.79 Å². The summed E-state index contributed by atoms with van der Waals surface area (Å²) in [4.78, 5) is 27.0. The summed E-state index contributed by atoms with van der Waals surface area (Å²) < 4.78 is 6.06. The molecule has 0 fully saturated rings. The van der Waals surface area contributed by atoms with Gasteiger partial charge in [0.2, 0.25) is 0 Å². The number of benzene rings is 5. The van der Waals surface area contributed by atoms with Crippen LogP contribution in [0.5, 0.6) is 5.75 Å². The number of nitrogens with one attached hydrogen (secondary N) is 1. The lowest BCUT2D eigenvalue weighted by Crippen LogP contribution is -2.44. The maximum atomic E-state index is 14.2. The Morgan fingerprint density at radius 2 is 1.10 bits per heavy atom. The van der Waals surface area contributed by atoms with Crippen LogP contribution in [0.1, 0.15) is 30.1 Å². The van der Waals surface area contributed by atoms with Crippen LogP contribution in [0.15, 0.2) is 146 Å².